The van der Waals surface area contributed by atoms with E-state index in [0.29, 0.717) is 32.7 Å². The molecule has 0 aliphatic carbocycles. The summed E-state index contributed by atoms with van der Waals surface area (Å²) in [7, 11) is 0. The summed E-state index contributed by atoms with van der Waals surface area (Å²) in [4.78, 5) is 35.7. The lowest BCUT2D eigenvalue weighted by atomic mass is 9.80. The fourth-order valence-corrected chi connectivity index (χ4v) is 5.52. The Hall–Kier alpha value is -3.43. The number of carbonyl (C=O) groups excluding carboxylic acids is 2. The number of aromatic nitrogens is 2. The van der Waals surface area contributed by atoms with Crippen LogP contribution in [0.1, 0.15) is 37.4 Å². The third kappa shape index (κ3) is 5.39. The largest absolute Gasteiger partial charge is 0.443 e. The van der Waals surface area contributed by atoms with Crippen LogP contribution in [0.5, 0.6) is 0 Å². The van der Waals surface area contributed by atoms with Gasteiger partial charge < -0.3 is 15.5 Å². The maximum Gasteiger partial charge on any atom is 0.443 e. The van der Waals surface area contributed by atoms with Gasteiger partial charge in [-0.25, -0.2) is 4.98 Å². The average molecular weight is 565 g/mol. The number of benzene rings is 1. The molecule has 200 valence electrons. The minimum absolute atomic E-state index is 0.0759. The molecular formula is C25H24ClF3N6O2S. The first-order valence-electron chi connectivity index (χ1n) is 11.6. The molecule has 13 heteroatoms. The van der Waals surface area contributed by atoms with E-state index in [4.69, 9.17) is 11.6 Å². The summed E-state index contributed by atoms with van der Waals surface area (Å²) in [5.74, 6) is -1.36. The van der Waals surface area contributed by atoms with Crippen molar-refractivity contribution in [2.24, 2.45) is 11.3 Å². The minimum atomic E-state index is -4.58. The predicted octanol–water partition coefficient (Wildman–Crippen LogP) is 5.03. The van der Waals surface area contributed by atoms with Crippen LogP contribution in [0.3, 0.4) is 0 Å². The van der Waals surface area contributed by atoms with Crippen molar-refractivity contribution >= 4 is 51.3 Å². The SMILES string of the molecule is C[C@H]1[C@@H](C(=O)NC(C#N)c2cncc3cccc(Cl)c23)N(C(=O)CNc2csc(C(F)(F)F)n2)CC1(C)C. The number of anilines is 1. The second kappa shape index (κ2) is 10.4. The van der Waals surface area contributed by atoms with Gasteiger partial charge in [-0.3, -0.25) is 14.6 Å². The second-order valence-electron chi connectivity index (χ2n) is 9.77. The lowest BCUT2D eigenvalue weighted by Gasteiger charge is -2.28. The number of hydrogen-bond acceptors (Lipinski definition) is 7. The molecule has 2 amide bonds. The van der Waals surface area contributed by atoms with Crippen LogP contribution in [-0.2, 0) is 15.8 Å². The first kappa shape index (κ1) is 27.6. The Morgan fingerprint density at radius 3 is 2.74 bits per heavy atom. The van der Waals surface area contributed by atoms with Crippen molar-refractivity contribution in [3.63, 3.8) is 0 Å². The van der Waals surface area contributed by atoms with Gasteiger partial charge in [0.1, 0.15) is 17.9 Å². The first-order chi connectivity index (χ1) is 17.8. The zero-order valence-corrected chi connectivity index (χ0v) is 22.2. The van der Waals surface area contributed by atoms with E-state index in [1.165, 1.54) is 16.5 Å². The molecule has 0 bridgehead atoms. The number of halogens is 4. The van der Waals surface area contributed by atoms with Crippen molar-refractivity contribution in [3.8, 4) is 6.07 Å². The van der Waals surface area contributed by atoms with E-state index in [0.717, 1.165) is 0 Å². The molecule has 38 heavy (non-hydrogen) atoms. The van der Waals surface area contributed by atoms with E-state index in [2.05, 4.69) is 26.7 Å². The van der Waals surface area contributed by atoms with Crippen LogP contribution in [0.15, 0.2) is 36.0 Å². The molecule has 1 saturated heterocycles. The van der Waals surface area contributed by atoms with Gasteiger partial charge in [-0.05, 0) is 17.4 Å². The van der Waals surface area contributed by atoms with Crippen molar-refractivity contribution < 1.29 is 22.8 Å². The van der Waals surface area contributed by atoms with Gasteiger partial charge in [0.2, 0.25) is 11.8 Å². The summed E-state index contributed by atoms with van der Waals surface area (Å²) < 4.78 is 38.5. The maximum absolute atomic E-state index is 13.5. The van der Waals surface area contributed by atoms with Gasteiger partial charge in [-0.1, -0.05) is 44.5 Å². The number of carbonyl (C=O) groups is 2. The highest BCUT2D eigenvalue weighted by atomic mass is 35.5. The second-order valence-corrected chi connectivity index (χ2v) is 11.0. The van der Waals surface area contributed by atoms with Gasteiger partial charge >= 0.3 is 6.18 Å². The van der Waals surface area contributed by atoms with E-state index in [9.17, 15) is 28.0 Å². The van der Waals surface area contributed by atoms with Crippen LogP contribution in [0.4, 0.5) is 19.0 Å². The third-order valence-corrected chi connectivity index (χ3v) is 8.07. The first-order valence-corrected chi connectivity index (χ1v) is 12.9. The normalized spacial score (nSPS) is 19.7. The highest BCUT2D eigenvalue weighted by Gasteiger charge is 2.49. The Labute approximate surface area is 225 Å². The number of amides is 2. The number of nitrogens with one attached hydrogen (secondary N) is 2. The molecule has 0 saturated carbocycles. The van der Waals surface area contributed by atoms with Crippen molar-refractivity contribution in [2.75, 3.05) is 18.4 Å². The average Bonchev–Trinajstić information content (AvgIpc) is 3.43. The molecule has 8 nitrogen and oxygen atoms in total. The Kier molecular flexibility index (Phi) is 7.54. The summed E-state index contributed by atoms with van der Waals surface area (Å²) >= 11 is 6.81. The summed E-state index contributed by atoms with van der Waals surface area (Å²) in [6.07, 6.45) is -1.50. The number of fused-ring (bicyclic) bond motifs is 1. The Morgan fingerprint density at radius 2 is 2.08 bits per heavy atom. The Balaban J connectivity index is 1.54. The van der Waals surface area contributed by atoms with Crippen LogP contribution in [0, 0.1) is 22.7 Å². The van der Waals surface area contributed by atoms with E-state index < -0.39 is 40.5 Å². The lowest BCUT2D eigenvalue weighted by molar-refractivity contribution is -0.138. The Bertz CT molecular complexity index is 1410. The monoisotopic (exact) mass is 564 g/mol. The molecule has 0 radical (unpaired) electrons. The van der Waals surface area contributed by atoms with Gasteiger partial charge in [0, 0.05) is 45.7 Å². The quantitative estimate of drug-likeness (QED) is 0.434. The zero-order valence-electron chi connectivity index (χ0n) is 20.6. The zero-order chi connectivity index (χ0) is 27.8. The third-order valence-electron chi connectivity index (χ3n) is 6.86. The molecule has 3 atom stereocenters. The Morgan fingerprint density at radius 1 is 1.34 bits per heavy atom. The molecule has 4 rings (SSSR count). The molecule has 3 aromatic rings. The molecule has 3 heterocycles. The number of thiazole rings is 1. The van der Waals surface area contributed by atoms with Gasteiger partial charge in [0.25, 0.3) is 0 Å². The number of likely N-dealkylation sites (tertiary alicyclic amines) is 1. The van der Waals surface area contributed by atoms with Crippen LogP contribution < -0.4 is 10.6 Å². The summed E-state index contributed by atoms with van der Waals surface area (Å²) in [6, 6.07) is 5.33. The lowest BCUT2D eigenvalue weighted by Crippen LogP contribution is -2.50. The van der Waals surface area contributed by atoms with Gasteiger partial charge in [0.15, 0.2) is 5.01 Å². The number of nitrogens with zero attached hydrogens (tertiary/aromatic N) is 4. The molecule has 1 aliphatic heterocycles. The molecule has 1 unspecified atom stereocenters. The molecule has 0 spiro atoms. The molecule has 2 aromatic heterocycles. The van der Waals surface area contributed by atoms with Gasteiger partial charge in [-0.15, -0.1) is 11.3 Å². The predicted molar refractivity (Wildman–Crippen MR) is 137 cm³/mol. The number of pyridine rings is 1. The van der Waals surface area contributed by atoms with Gasteiger partial charge in [0.05, 0.1) is 12.6 Å². The summed E-state index contributed by atoms with van der Waals surface area (Å²) in [6.45, 7) is 5.59. The van der Waals surface area contributed by atoms with Crippen molar-refractivity contribution in [1.82, 2.24) is 20.2 Å². The number of alkyl halides is 3. The standard InChI is InChI=1S/C25H24ClF3N6O2S/c1-13-21(22(37)33-17(7-30)15-9-31-8-14-5-4-6-16(26)20(14)15)35(12-24(13,2)3)19(36)10-32-18-11-38-23(34-18)25(27,28)29/h4-6,8-9,11,13,17,21,32H,10,12H2,1-3H3,(H,33,37)/t13-,17?,21-/m0/s1. The van der Waals surface area contributed by atoms with Crippen molar-refractivity contribution in [2.45, 2.75) is 39.0 Å². The highest BCUT2D eigenvalue weighted by molar-refractivity contribution is 7.10. The van der Waals surface area contributed by atoms with Crippen LogP contribution in [0.2, 0.25) is 5.02 Å². The van der Waals surface area contributed by atoms with E-state index in [1.54, 1.807) is 24.4 Å². The molecule has 1 aliphatic rings. The van der Waals surface area contributed by atoms with Gasteiger partial charge in [-0.2, -0.15) is 18.4 Å². The maximum atomic E-state index is 13.5. The van der Waals surface area contributed by atoms with E-state index in [1.807, 2.05) is 20.8 Å². The number of nitriles is 1. The summed E-state index contributed by atoms with van der Waals surface area (Å²) in [5.41, 5.74) is -0.00816. The molecular weight excluding hydrogens is 541 g/mol. The van der Waals surface area contributed by atoms with Crippen LogP contribution in [0.25, 0.3) is 10.8 Å². The number of rotatable bonds is 6. The fourth-order valence-electron chi connectivity index (χ4n) is 4.58. The van der Waals surface area contributed by atoms with Crippen molar-refractivity contribution in [3.05, 3.63) is 51.6 Å². The summed E-state index contributed by atoms with van der Waals surface area (Å²) in [5, 5.41) is 17.1. The molecule has 2 N–H and O–H groups in total. The topological polar surface area (TPSA) is 111 Å². The van der Waals surface area contributed by atoms with E-state index >= 15 is 0 Å². The minimum Gasteiger partial charge on any atom is -0.360 e. The highest BCUT2D eigenvalue weighted by Crippen LogP contribution is 2.40. The molecule has 1 fully saturated rings. The van der Waals surface area contributed by atoms with E-state index in [-0.39, 0.29) is 24.8 Å². The number of hydrogen-bond donors (Lipinski definition) is 2. The fraction of sp³-hybridized carbons (Fsp3) is 0.400. The molecule has 1 aromatic carbocycles. The smallest absolute Gasteiger partial charge is 0.360 e. The van der Waals surface area contributed by atoms with Crippen LogP contribution >= 0.6 is 22.9 Å². The van der Waals surface area contributed by atoms with Crippen LogP contribution in [-0.4, -0.2) is 45.8 Å². The van der Waals surface area contributed by atoms with Crippen molar-refractivity contribution in [1.29, 1.82) is 5.26 Å².